The second kappa shape index (κ2) is 9.53. The van der Waals surface area contributed by atoms with Gasteiger partial charge in [0.2, 0.25) is 0 Å². The molecule has 198 valence electrons. The average Bonchev–Trinajstić information content (AvgIpc) is 3.50. The summed E-state index contributed by atoms with van der Waals surface area (Å²) in [5.41, 5.74) is -0.460. The molecule has 1 saturated carbocycles. The number of piperidine rings is 1. The molecule has 0 N–H and O–H groups in total. The molecule has 36 heavy (non-hydrogen) atoms. The number of amides is 1. The Bertz CT molecular complexity index is 1090. The zero-order chi connectivity index (χ0) is 26.3. The maximum absolute atomic E-state index is 14.9. The number of hydrogen-bond donors (Lipinski definition) is 0. The summed E-state index contributed by atoms with van der Waals surface area (Å²) in [5.74, 6) is -3.46. The van der Waals surface area contributed by atoms with E-state index in [1.807, 2.05) is 0 Å². The average molecular weight is 518 g/mol. The van der Waals surface area contributed by atoms with E-state index in [0.717, 1.165) is 23.8 Å². The summed E-state index contributed by atoms with van der Waals surface area (Å²) >= 11 is 0. The number of carbonyl (C=O) groups is 1. The molecule has 0 bridgehead atoms. The van der Waals surface area contributed by atoms with Gasteiger partial charge in [0.1, 0.15) is 28.9 Å². The smallest absolute Gasteiger partial charge is 0.444 e. The maximum Gasteiger partial charge on any atom is 0.573 e. The lowest BCUT2D eigenvalue weighted by atomic mass is 10.0. The molecule has 4 rings (SSSR count). The van der Waals surface area contributed by atoms with E-state index < -0.39 is 42.4 Å². The van der Waals surface area contributed by atoms with Crippen LogP contribution in [0.3, 0.4) is 0 Å². The van der Waals surface area contributed by atoms with Gasteiger partial charge >= 0.3 is 12.5 Å². The van der Waals surface area contributed by atoms with E-state index >= 15 is 0 Å². The van der Waals surface area contributed by atoms with Crippen LogP contribution in [0, 0.1) is 0 Å². The summed E-state index contributed by atoms with van der Waals surface area (Å²) in [7, 11) is 0. The molecule has 1 aromatic heterocycles. The molecule has 2 aliphatic rings. The molecule has 2 fully saturated rings. The van der Waals surface area contributed by atoms with Crippen molar-refractivity contribution in [1.82, 2.24) is 10.1 Å². The molecule has 12 heteroatoms. The molecule has 0 spiro atoms. The summed E-state index contributed by atoms with van der Waals surface area (Å²) in [4.78, 5) is 13.2. The number of alkyl halides is 5. The normalized spacial score (nSPS) is 20.3. The van der Waals surface area contributed by atoms with E-state index in [-0.39, 0.29) is 36.7 Å². The van der Waals surface area contributed by atoms with Crippen molar-refractivity contribution in [3.05, 3.63) is 35.6 Å². The molecule has 1 atom stereocenters. The van der Waals surface area contributed by atoms with Crippen LogP contribution >= 0.6 is 0 Å². The van der Waals surface area contributed by atoms with Crippen molar-refractivity contribution in [3.63, 3.8) is 0 Å². The van der Waals surface area contributed by atoms with E-state index in [1.54, 1.807) is 20.8 Å². The fourth-order valence-electron chi connectivity index (χ4n) is 4.01. The second-order valence-corrected chi connectivity index (χ2v) is 9.94. The van der Waals surface area contributed by atoms with E-state index in [4.69, 9.17) is 14.0 Å². The minimum atomic E-state index is -4.93. The standard InChI is InChI=1S/C24H27F5N2O5/c1-22(2,3)35-21(32)31-11-10-18(23(25,26)13-31)33-12-16-19(30-36-20(16)14-8-9-14)15-6-4-5-7-17(15)34-24(27,28)29/h4-7,14,18H,8-13H2,1-3H3. The number of likely N-dealkylation sites (tertiary alicyclic amines) is 1. The third kappa shape index (κ3) is 6.26. The number of para-hydroxylation sites is 1. The molecule has 2 heterocycles. The van der Waals surface area contributed by atoms with Crippen LogP contribution in [-0.4, -0.2) is 53.2 Å². The van der Waals surface area contributed by atoms with Crippen molar-refractivity contribution in [2.45, 2.75) is 76.5 Å². The van der Waals surface area contributed by atoms with Gasteiger partial charge in [-0.15, -0.1) is 13.2 Å². The molecular formula is C24H27F5N2O5. The van der Waals surface area contributed by atoms with E-state index in [1.165, 1.54) is 18.2 Å². The highest BCUT2D eigenvalue weighted by molar-refractivity contribution is 5.70. The van der Waals surface area contributed by atoms with E-state index in [9.17, 15) is 26.7 Å². The van der Waals surface area contributed by atoms with Gasteiger partial charge in [-0.25, -0.2) is 13.6 Å². The van der Waals surface area contributed by atoms with Crippen LogP contribution < -0.4 is 4.74 Å². The monoisotopic (exact) mass is 518 g/mol. The number of halogens is 5. The van der Waals surface area contributed by atoms with Crippen molar-refractivity contribution in [3.8, 4) is 17.0 Å². The van der Waals surface area contributed by atoms with Gasteiger partial charge in [0, 0.05) is 23.6 Å². The van der Waals surface area contributed by atoms with Crippen LogP contribution in [-0.2, 0) is 16.1 Å². The first-order chi connectivity index (χ1) is 16.7. The lowest BCUT2D eigenvalue weighted by Gasteiger charge is -2.38. The lowest BCUT2D eigenvalue weighted by molar-refractivity contribution is -0.274. The van der Waals surface area contributed by atoms with Crippen LogP contribution in [0.25, 0.3) is 11.3 Å². The Morgan fingerprint density at radius 1 is 1.17 bits per heavy atom. The van der Waals surface area contributed by atoms with Crippen molar-refractivity contribution in [2.75, 3.05) is 13.1 Å². The number of aromatic nitrogens is 1. The van der Waals surface area contributed by atoms with Crippen LogP contribution in [0.2, 0.25) is 0 Å². The third-order valence-electron chi connectivity index (χ3n) is 5.75. The molecule has 1 unspecified atom stereocenters. The highest BCUT2D eigenvalue weighted by Crippen LogP contribution is 2.46. The van der Waals surface area contributed by atoms with Gasteiger partial charge < -0.3 is 23.6 Å². The molecule has 1 aromatic carbocycles. The van der Waals surface area contributed by atoms with E-state index in [0.29, 0.717) is 11.3 Å². The minimum absolute atomic E-state index is 0.00338. The molecule has 2 aromatic rings. The predicted molar refractivity (Wildman–Crippen MR) is 117 cm³/mol. The molecule has 1 aliphatic heterocycles. The molecule has 7 nitrogen and oxygen atoms in total. The Hall–Kier alpha value is -2.89. The summed E-state index contributed by atoms with van der Waals surface area (Å²) in [6.45, 7) is 3.71. The van der Waals surface area contributed by atoms with Crippen molar-refractivity contribution in [1.29, 1.82) is 0 Å². The fraction of sp³-hybridized carbons (Fsp3) is 0.583. The highest BCUT2D eigenvalue weighted by Gasteiger charge is 2.48. The first-order valence-corrected chi connectivity index (χ1v) is 11.5. The molecule has 0 radical (unpaired) electrons. The van der Waals surface area contributed by atoms with Crippen LogP contribution in [0.4, 0.5) is 26.7 Å². The van der Waals surface area contributed by atoms with Crippen molar-refractivity contribution < 1.29 is 45.5 Å². The number of hydrogen-bond acceptors (Lipinski definition) is 6. The van der Waals surface area contributed by atoms with Crippen LogP contribution in [0.5, 0.6) is 5.75 Å². The maximum atomic E-state index is 14.9. The Balaban J connectivity index is 1.52. The van der Waals surface area contributed by atoms with Crippen molar-refractivity contribution >= 4 is 6.09 Å². The largest absolute Gasteiger partial charge is 0.573 e. The van der Waals surface area contributed by atoms with Crippen LogP contribution in [0.1, 0.15) is 57.3 Å². The minimum Gasteiger partial charge on any atom is -0.444 e. The number of carbonyl (C=O) groups excluding carboxylic acids is 1. The summed E-state index contributed by atoms with van der Waals surface area (Å²) < 4.78 is 89.0. The van der Waals surface area contributed by atoms with Gasteiger partial charge in [-0.2, -0.15) is 0 Å². The zero-order valence-electron chi connectivity index (χ0n) is 20.0. The fourth-order valence-corrected chi connectivity index (χ4v) is 4.01. The molecule has 1 saturated heterocycles. The van der Waals surface area contributed by atoms with Gasteiger partial charge in [0.05, 0.1) is 13.2 Å². The number of ether oxygens (including phenoxy) is 3. The van der Waals surface area contributed by atoms with Crippen LogP contribution in [0.15, 0.2) is 28.8 Å². The zero-order valence-corrected chi connectivity index (χ0v) is 20.0. The van der Waals surface area contributed by atoms with E-state index in [2.05, 4.69) is 9.89 Å². The summed E-state index contributed by atoms with van der Waals surface area (Å²) in [6.07, 6.45) is -5.87. The highest BCUT2D eigenvalue weighted by atomic mass is 19.4. The second-order valence-electron chi connectivity index (χ2n) is 9.94. The predicted octanol–water partition coefficient (Wildman–Crippen LogP) is 6.28. The topological polar surface area (TPSA) is 74.0 Å². The first-order valence-electron chi connectivity index (χ1n) is 11.5. The Morgan fingerprint density at radius 3 is 2.47 bits per heavy atom. The number of nitrogens with zero attached hydrogens (tertiary/aromatic N) is 2. The van der Waals surface area contributed by atoms with Gasteiger partial charge in [-0.05, 0) is 52.2 Å². The number of rotatable bonds is 6. The van der Waals surface area contributed by atoms with Gasteiger partial charge in [0.15, 0.2) is 0 Å². The Morgan fingerprint density at radius 2 is 1.86 bits per heavy atom. The summed E-state index contributed by atoms with van der Waals surface area (Å²) in [5, 5.41) is 3.95. The molecule has 1 aliphatic carbocycles. The number of benzene rings is 1. The molecule has 1 amide bonds. The van der Waals surface area contributed by atoms with Crippen molar-refractivity contribution in [2.24, 2.45) is 0 Å². The quantitative estimate of drug-likeness (QED) is 0.419. The molecular weight excluding hydrogens is 491 g/mol. The van der Waals surface area contributed by atoms with Gasteiger partial charge in [0.25, 0.3) is 5.92 Å². The van der Waals surface area contributed by atoms with Gasteiger partial charge in [-0.3, -0.25) is 0 Å². The Kier molecular flexibility index (Phi) is 6.93. The van der Waals surface area contributed by atoms with Gasteiger partial charge in [-0.1, -0.05) is 17.3 Å². The lowest BCUT2D eigenvalue weighted by Crippen LogP contribution is -2.55. The SMILES string of the molecule is CC(C)(C)OC(=O)N1CCC(OCc2c(-c3ccccc3OC(F)(F)F)noc2C2CC2)C(F)(F)C1. The first kappa shape index (κ1) is 26.2. The summed E-state index contributed by atoms with van der Waals surface area (Å²) in [6, 6.07) is 5.41. The Labute approximate surface area is 204 Å². The third-order valence-corrected chi connectivity index (χ3v) is 5.75.